The van der Waals surface area contributed by atoms with Crippen molar-refractivity contribution in [3.05, 3.63) is 63.1 Å². The van der Waals surface area contributed by atoms with E-state index in [9.17, 15) is 4.79 Å². The lowest BCUT2D eigenvalue weighted by atomic mass is 9.91. The van der Waals surface area contributed by atoms with Gasteiger partial charge in [0.15, 0.2) is 0 Å². The van der Waals surface area contributed by atoms with Crippen LogP contribution in [0.15, 0.2) is 47.6 Å². The van der Waals surface area contributed by atoms with Crippen molar-refractivity contribution >= 4 is 64.5 Å². The first-order chi connectivity index (χ1) is 15.4. The van der Waals surface area contributed by atoms with Gasteiger partial charge in [-0.1, -0.05) is 53.9 Å². The molecule has 0 aliphatic carbocycles. The highest BCUT2D eigenvalue weighted by atomic mass is 35.5. The Labute approximate surface area is 215 Å². The van der Waals surface area contributed by atoms with Crippen LogP contribution in [-0.2, 0) is 9.53 Å². The molecule has 3 unspecified atom stereocenters. The lowest BCUT2D eigenvalue weighted by molar-refractivity contribution is -0.120. The number of anilines is 1. The molecule has 33 heavy (non-hydrogen) atoms. The third kappa shape index (κ3) is 5.59. The minimum absolute atomic E-state index is 0. The van der Waals surface area contributed by atoms with Crippen LogP contribution in [0.1, 0.15) is 31.4 Å². The number of nitrogens with one attached hydrogen (secondary N) is 1. The van der Waals surface area contributed by atoms with Gasteiger partial charge in [-0.05, 0) is 48.7 Å². The van der Waals surface area contributed by atoms with Gasteiger partial charge in [0.05, 0.1) is 29.4 Å². The van der Waals surface area contributed by atoms with Gasteiger partial charge in [0.1, 0.15) is 5.71 Å². The summed E-state index contributed by atoms with van der Waals surface area (Å²) in [4.78, 5) is 13.3. The maximum Gasteiger partial charge on any atom is 0.282 e. The third-order valence-electron chi connectivity index (χ3n) is 5.97. The molecule has 2 aliphatic rings. The molecule has 0 radical (unpaired) electrons. The van der Waals surface area contributed by atoms with Gasteiger partial charge < -0.3 is 4.74 Å². The molecular weight excluding hydrogens is 506 g/mol. The molecule has 0 spiro atoms. The Bertz CT molecular complexity index is 1020. The van der Waals surface area contributed by atoms with Gasteiger partial charge in [-0.15, -0.1) is 12.4 Å². The molecule has 2 aromatic carbocycles. The number of hydrogen-bond acceptors (Lipinski definition) is 5. The topological polar surface area (TPSA) is 57.2 Å². The first kappa shape index (κ1) is 26.1. The van der Waals surface area contributed by atoms with Crippen LogP contribution in [0.2, 0.25) is 15.1 Å². The molecule has 178 valence electrons. The summed E-state index contributed by atoms with van der Waals surface area (Å²) in [6.07, 6.45) is 1.99. The molecule has 6 nitrogen and oxygen atoms in total. The fraction of sp³-hybridized carbons (Fsp3) is 0.391. The molecular formula is C23H26Cl4N4O2. The number of carbonyl (C=O) groups excluding carboxylic acids is 1. The number of hydrazone groups is 1. The number of benzene rings is 2. The maximum absolute atomic E-state index is 13.3. The lowest BCUT2D eigenvalue weighted by Gasteiger charge is -2.28. The summed E-state index contributed by atoms with van der Waals surface area (Å²) in [7, 11) is 1.67. The van der Waals surface area contributed by atoms with E-state index in [2.05, 4.69) is 5.43 Å². The molecule has 4 rings (SSSR count). The molecule has 1 amide bonds. The van der Waals surface area contributed by atoms with Crippen molar-refractivity contribution in [1.82, 2.24) is 10.4 Å². The Morgan fingerprint density at radius 1 is 1.15 bits per heavy atom. The molecule has 2 heterocycles. The number of halogens is 4. The first-order valence-electron chi connectivity index (χ1n) is 10.5. The van der Waals surface area contributed by atoms with Crippen molar-refractivity contribution in [3.63, 3.8) is 0 Å². The molecule has 3 atom stereocenters. The Morgan fingerprint density at radius 2 is 1.85 bits per heavy atom. The number of methoxy groups -OCH3 is 1. The Balaban J connectivity index is 0.00000306. The summed E-state index contributed by atoms with van der Waals surface area (Å²) in [6.45, 7) is 3.36. The molecule has 1 N–H and O–H groups in total. The summed E-state index contributed by atoms with van der Waals surface area (Å²) >= 11 is 18.7. The first-order valence-corrected chi connectivity index (χ1v) is 11.7. The molecule has 0 aromatic heterocycles. The second-order valence-corrected chi connectivity index (χ2v) is 9.38. The quantitative estimate of drug-likeness (QED) is 0.514. The van der Waals surface area contributed by atoms with Crippen molar-refractivity contribution in [1.29, 1.82) is 0 Å². The fourth-order valence-corrected chi connectivity index (χ4v) is 5.00. The summed E-state index contributed by atoms with van der Waals surface area (Å²) in [5.41, 5.74) is 5.16. The number of ether oxygens (including phenoxy) is 1. The van der Waals surface area contributed by atoms with Crippen molar-refractivity contribution in [2.75, 3.05) is 25.3 Å². The van der Waals surface area contributed by atoms with Gasteiger partial charge in [-0.2, -0.15) is 5.10 Å². The number of carbonyl (C=O) groups is 1. The van der Waals surface area contributed by atoms with Crippen molar-refractivity contribution in [3.8, 4) is 0 Å². The van der Waals surface area contributed by atoms with E-state index in [0.29, 0.717) is 33.1 Å². The van der Waals surface area contributed by atoms with Crippen LogP contribution in [0.4, 0.5) is 5.69 Å². The van der Waals surface area contributed by atoms with E-state index in [4.69, 9.17) is 44.6 Å². The lowest BCUT2D eigenvalue weighted by Crippen LogP contribution is -2.49. The van der Waals surface area contributed by atoms with Crippen molar-refractivity contribution in [2.45, 2.75) is 31.8 Å². The average molecular weight is 532 g/mol. The third-order valence-corrected chi connectivity index (χ3v) is 6.76. The summed E-state index contributed by atoms with van der Waals surface area (Å²) in [6, 6.07) is 12.8. The number of hydrogen-bond donors (Lipinski definition) is 1. The van der Waals surface area contributed by atoms with E-state index >= 15 is 0 Å². The SMILES string of the molecule is COCC1CCCN1NC(=O)C1=NN(c2ccc(Cl)cc2Cl)C(c2ccc(Cl)cc2)C1C.Cl. The molecule has 1 saturated heterocycles. The zero-order chi connectivity index (χ0) is 22.8. The van der Waals surface area contributed by atoms with Gasteiger partial charge in [-0.3, -0.25) is 15.2 Å². The van der Waals surface area contributed by atoms with Crippen LogP contribution in [0.3, 0.4) is 0 Å². The van der Waals surface area contributed by atoms with Crippen LogP contribution in [0.5, 0.6) is 0 Å². The standard InChI is InChI=1S/C23H25Cl3N4O2.ClH/c1-14-21(23(31)28-29-11-3-4-18(29)13-32-2)27-30(20-10-9-17(25)12-19(20)26)22(14)15-5-7-16(24)8-6-15;/h5-10,12,14,18,22H,3-4,11,13H2,1-2H3,(H,28,31);1H. The van der Waals surface area contributed by atoms with E-state index in [-0.39, 0.29) is 36.3 Å². The predicted octanol–water partition coefficient (Wildman–Crippen LogP) is 5.76. The van der Waals surface area contributed by atoms with E-state index in [0.717, 1.165) is 24.9 Å². The number of amides is 1. The van der Waals surface area contributed by atoms with Gasteiger partial charge in [-0.25, -0.2) is 5.01 Å². The Kier molecular flexibility index (Phi) is 8.89. The zero-order valence-corrected chi connectivity index (χ0v) is 21.4. The average Bonchev–Trinajstić information content (AvgIpc) is 3.33. The molecule has 0 saturated carbocycles. The molecule has 0 bridgehead atoms. The predicted molar refractivity (Wildman–Crippen MR) is 137 cm³/mol. The summed E-state index contributed by atoms with van der Waals surface area (Å²) < 4.78 is 5.30. The minimum atomic E-state index is -0.222. The normalized spacial score (nSPS) is 22.8. The van der Waals surface area contributed by atoms with E-state index in [1.807, 2.05) is 42.3 Å². The second kappa shape index (κ2) is 11.3. The van der Waals surface area contributed by atoms with Gasteiger partial charge in [0.2, 0.25) is 0 Å². The summed E-state index contributed by atoms with van der Waals surface area (Å²) in [5.74, 6) is -0.404. The highest BCUT2D eigenvalue weighted by Crippen LogP contribution is 2.42. The molecule has 2 aliphatic heterocycles. The highest BCUT2D eigenvalue weighted by Gasteiger charge is 2.41. The molecule has 1 fully saturated rings. The summed E-state index contributed by atoms with van der Waals surface area (Å²) in [5, 5.41) is 10.1. The molecule has 2 aromatic rings. The fourth-order valence-electron chi connectivity index (χ4n) is 4.38. The van der Waals surface area contributed by atoms with Crippen LogP contribution in [0, 0.1) is 5.92 Å². The van der Waals surface area contributed by atoms with E-state index in [1.54, 1.807) is 24.3 Å². The van der Waals surface area contributed by atoms with Gasteiger partial charge in [0, 0.05) is 29.6 Å². The van der Waals surface area contributed by atoms with Crippen LogP contribution < -0.4 is 10.4 Å². The van der Waals surface area contributed by atoms with Crippen LogP contribution >= 0.6 is 47.2 Å². The smallest absolute Gasteiger partial charge is 0.282 e. The van der Waals surface area contributed by atoms with E-state index in [1.165, 1.54) is 0 Å². The number of nitrogens with zero attached hydrogens (tertiary/aromatic N) is 3. The van der Waals surface area contributed by atoms with Gasteiger partial charge in [0.25, 0.3) is 5.91 Å². The Hall–Kier alpha value is -1.54. The maximum atomic E-state index is 13.3. The minimum Gasteiger partial charge on any atom is -0.383 e. The van der Waals surface area contributed by atoms with Crippen LogP contribution in [0.25, 0.3) is 0 Å². The highest BCUT2D eigenvalue weighted by molar-refractivity contribution is 6.41. The number of hydrazine groups is 1. The van der Waals surface area contributed by atoms with Gasteiger partial charge >= 0.3 is 0 Å². The number of rotatable bonds is 6. The Morgan fingerprint density at radius 3 is 2.52 bits per heavy atom. The molecule has 10 heteroatoms. The van der Waals surface area contributed by atoms with Crippen molar-refractivity contribution in [2.24, 2.45) is 11.0 Å². The zero-order valence-electron chi connectivity index (χ0n) is 18.3. The van der Waals surface area contributed by atoms with Crippen LogP contribution in [-0.4, -0.2) is 42.9 Å². The van der Waals surface area contributed by atoms with E-state index < -0.39 is 0 Å². The van der Waals surface area contributed by atoms with Crippen molar-refractivity contribution < 1.29 is 9.53 Å². The monoisotopic (exact) mass is 530 g/mol. The largest absolute Gasteiger partial charge is 0.383 e. The second-order valence-electron chi connectivity index (χ2n) is 8.10.